The van der Waals surface area contributed by atoms with Gasteiger partial charge in [0.2, 0.25) is 0 Å². The molecule has 0 saturated carbocycles. The predicted molar refractivity (Wildman–Crippen MR) is 157 cm³/mol. The van der Waals surface area contributed by atoms with Crippen molar-refractivity contribution in [2.45, 2.75) is 77.0 Å². The van der Waals surface area contributed by atoms with E-state index in [4.69, 9.17) is 18.9 Å². The van der Waals surface area contributed by atoms with Gasteiger partial charge in [-0.05, 0) is 74.4 Å². The van der Waals surface area contributed by atoms with Crippen LogP contribution in [0.5, 0.6) is 0 Å². The summed E-state index contributed by atoms with van der Waals surface area (Å²) >= 11 is 16.6. The van der Waals surface area contributed by atoms with E-state index in [-0.39, 0.29) is 52.1 Å². The number of hydrogen-bond acceptors (Lipinski definition) is 12. The number of thiol groups is 4. The van der Waals surface area contributed by atoms with E-state index in [2.05, 4.69) is 50.5 Å². The van der Waals surface area contributed by atoms with Crippen molar-refractivity contribution in [1.29, 1.82) is 0 Å². The molecule has 0 aliphatic heterocycles. The lowest BCUT2D eigenvalue weighted by molar-refractivity contribution is -0.170. The highest BCUT2D eigenvalue weighted by Crippen LogP contribution is 2.23. The summed E-state index contributed by atoms with van der Waals surface area (Å²) in [6.45, 7) is -0.927. The maximum absolute atomic E-state index is 12.3. The minimum absolute atomic E-state index is 0.202. The van der Waals surface area contributed by atoms with E-state index in [0.29, 0.717) is 48.7 Å². The summed E-state index contributed by atoms with van der Waals surface area (Å²) in [4.78, 5) is 49.2. The lowest BCUT2D eigenvalue weighted by Gasteiger charge is -2.31. The Morgan fingerprint density at radius 2 is 0.622 bits per heavy atom. The second-order valence-electron chi connectivity index (χ2n) is 8.87. The number of rotatable bonds is 24. The lowest BCUT2D eigenvalue weighted by Crippen LogP contribution is -2.44. The topological polar surface area (TPSA) is 105 Å². The lowest BCUT2D eigenvalue weighted by atomic mass is 9.92. The number of hydrogen-bond donors (Lipinski definition) is 4. The highest BCUT2D eigenvalue weighted by atomic mass is 32.1. The molecule has 0 unspecified atom stereocenters. The van der Waals surface area contributed by atoms with Crippen LogP contribution in [0.1, 0.15) is 77.0 Å². The number of carbonyl (C=O) groups excluding carboxylic acids is 4. The molecule has 0 aliphatic rings. The molecule has 0 aromatic carbocycles. The van der Waals surface area contributed by atoms with E-state index in [1.807, 2.05) is 0 Å². The van der Waals surface area contributed by atoms with E-state index in [1.165, 1.54) is 0 Å². The molecule has 8 nitrogen and oxygen atoms in total. The van der Waals surface area contributed by atoms with Crippen molar-refractivity contribution in [2.24, 2.45) is 5.41 Å². The Morgan fingerprint density at radius 3 is 0.811 bits per heavy atom. The summed E-state index contributed by atoms with van der Waals surface area (Å²) in [6, 6.07) is 0. The largest absolute Gasteiger partial charge is 0.465 e. The molecule has 0 bridgehead atoms. The number of unbranched alkanes of at least 4 members (excludes halogenated alkanes) is 4. The maximum atomic E-state index is 12.3. The number of carbonyl (C=O) groups is 4. The van der Waals surface area contributed by atoms with Crippen LogP contribution in [0.25, 0.3) is 0 Å². The molecule has 0 rings (SSSR count). The molecule has 0 spiro atoms. The first-order valence-corrected chi connectivity index (χ1v) is 15.4. The molecule has 0 aliphatic carbocycles. The molecule has 0 atom stereocenters. The SMILES string of the molecule is O=C(CCCCS)OCC(COC(=O)CCCCS)(COC(=O)CCCCS)COC(=O)CCCCS. The third kappa shape index (κ3) is 20.9. The van der Waals surface area contributed by atoms with Crippen molar-refractivity contribution in [1.82, 2.24) is 0 Å². The fraction of sp³-hybridized carbons (Fsp3) is 0.840. The Morgan fingerprint density at radius 1 is 0.405 bits per heavy atom. The van der Waals surface area contributed by atoms with E-state index in [0.717, 1.165) is 25.7 Å². The van der Waals surface area contributed by atoms with Crippen LogP contribution in [0.2, 0.25) is 0 Å². The van der Waals surface area contributed by atoms with Gasteiger partial charge in [0.25, 0.3) is 0 Å². The van der Waals surface area contributed by atoms with E-state index >= 15 is 0 Å². The predicted octanol–water partition coefficient (Wildman–Crippen LogP) is 4.55. The average molecular weight is 601 g/mol. The van der Waals surface area contributed by atoms with Gasteiger partial charge in [-0.2, -0.15) is 50.5 Å². The standard InChI is InChI=1S/C25H44O8S4/c26-21(9-1-5-13-34)30-17-25(18-31-22(27)10-2-6-14-35,19-32-23(28)11-3-7-15-36)20-33-24(29)12-4-8-16-37/h34-37H,1-20H2. The molecule has 0 aromatic heterocycles. The summed E-state index contributed by atoms with van der Waals surface area (Å²) in [7, 11) is 0. The van der Waals surface area contributed by atoms with Crippen LogP contribution < -0.4 is 0 Å². The summed E-state index contributed by atoms with van der Waals surface area (Å²) < 4.78 is 21.9. The van der Waals surface area contributed by atoms with E-state index in [9.17, 15) is 19.2 Å². The molecule has 37 heavy (non-hydrogen) atoms. The molecule has 0 heterocycles. The quantitative estimate of drug-likeness (QED) is 0.0554. The second kappa shape index (κ2) is 24.3. The van der Waals surface area contributed by atoms with Crippen molar-refractivity contribution in [3.05, 3.63) is 0 Å². The summed E-state index contributed by atoms with van der Waals surface area (Å²) in [5.41, 5.74) is -1.23. The summed E-state index contributed by atoms with van der Waals surface area (Å²) in [5, 5.41) is 0. The molecule has 0 N–H and O–H groups in total. The van der Waals surface area contributed by atoms with Crippen molar-refractivity contribution in [3.8, 4) is 0 Å². The average Bonchev–Trinajstić information content (AvgIpc) is 2.88. The smallest absolute Gasteiger partial charge is 0.305 e. The molecule has 0 amide bonds. The van der Waals surface area contributed by atoms with Crippen LogP contribution in [-0.4, -0.2) is 73.3 Å². The van der Waals surface area contributed by atoms with Crippen LogP contribution in [0.4, 0.5) is 0 Å². The van der Waals surface area contributed by atoms with Crippen LogP contribution >= 0.6 is 50.5 Å². The van der Waals surface area contributed by atoms with Gasteiger partial charge in [-0.3, -0.25) is 19.2 Å². The molecular formula is C25H44O8S4. The second-order valence-corrected chi connectivity index (χ2v) is 10.7. The fourth-order valence-corrected chi connectivity index (χ4v) is 3.89. The third-order valence-electron chi connectivity index (χ3n) is 5.31. The van der Waals surface area contributed by atoms with Crippen LogP contribution in [0.15, 0.2) is 0 Å². The first-order chi connectivity index (χ1) is 17.8. The fourth-order valence-electron chi connectivity index (χ4n) is 3.00. The first kappa shape index (κ1) is 36.3. The highest BCUT2D eigenvalue weighted by Gasteiger charge is 2.38. The Hall–Kier alpha value is -0.720. The molecule has 0 fully saturated rings. The Kier molecular flexibility index (Phi) is 23.9. The minimum atomic E-state index is -1.23. The number of esters is 4. The number of ether oxygens (including phenoxy) is 4. The van der Waals surface area contributed by atoms with Gasteiger partial charge in [0, 0.05) is 25.7 Å². The maximum Gasteiger partial charge on any atom is 0.305 e. The molecule has 0 saturated heterocycles. The van der Waals surface area contributed by atoms with Crippen molar-refractivity contribution >= 4 is 74.4 Å². The van der Waals surface area contributed by atoms with E-state index in [1.54, 1.807) is 0 Å². The van der Waals surface area contributed by atoms with Crippen molar-refractivity contribution < 1.29 is 38.1 Å². The molecule has 0 radical (unpaired) electrons. The van der Waals surface area contributed by atoms with Gasteiger partial charge < -0.3 is 18.9 Å². The zero-order valence-corrected chi connectivity index (χ0v) is 25.3. The Balaban J connectivity index is 5.45. The van der Waals surface area contributed by atoms with Gasteiger partial charge in [-0.15, -0.1) is 0 Å². The van der Waals surface area contributed by atoms with Gasteiger partial charge in [-0.1, -0.05) is 0 Å². The monoisotopic (exact) mass is 600 g/mol. The first-order valence-electron chi connectivity index (χ1n) is 12.9. The van der Waals surface area contributed by atoms with Gasteiger partial charge >= 0.3 is 23.9 Å². The molecule has 0 aromatic rings. The molecular weight excluding hydrogens is 557 g/mol. The van der Waals surface area contributed by atoms with Crippen LogP contribution in [0, 0.1) is 5.41 Å². The Bertz CT molecular complexity index is 539. The summed E-state index contributed by atoms with van der Waals surface area (Å²) in [5.74, 6) is 0.884. The zero-order chi connectivity index (χ0) is 27.8. The van der Waals surface area contributed by atoms with Crippen LogP contribution in [0.3, 0.4) is 0 Å². The van der Waals surface area contributed by atoms with Gasteiger partial charge in [-0.25, -0.2) is 0 Å². The third-order valence-corrected chi connectivity index (χ3v) is 6.58. The van der Waals surface area contributed by atoms with Crippen molar-refractivity contribution in [3.63, 3.8) is 0 Å². The van der Waals surface area contributed by atoms with E-state index < -0.39 is 29.3 Å². The molecule has 12 heteroatoms. The van der Waals surface area contributed by atoms with Crippen LogP contribution in [-0.2, 0) is 38.1 Å². The normalized spacial score (nSPS) is 11.1. The van der Waals surface area contributed by atoms with Gasteiger partial charge in [0.05, 0.1) is 0 Å². The molecule has 216 valence electrons. The van der Waals surface area contributed by atoms with Gasteiger partial charge in [0.1, 0.15) is 31.8 Å². The Labute approximate surface area is 243 Å². The van der Waals surface area contributed by atoms with Crippen molar-refractivity contribution in [2.75, 3.05) is 49.4 Å². The summed E-state index contributed by atoms with van der Waals surface area (Å²) in [6.07, 6.45) is 6.35. The van der Waals surface area contributed by atoms with Gasteiger partial charge in [0.15, 0.2) is 0 Å². The minimum Gasteiger partial charge on any atom is -0.465 e. The zero-order valence-electron chi connectivity index (χ0n) is 21.7. The highest BCUT2D eigenvalue weighted by molar-refractivity contribution is 7.80.